The van der Waals surface area contributed by atoms with Crippen LogP contribution < -0.4 is 19.8 Å². The molecule has 0 saturated heterocycles. The largest absolute Gasteiger partial charge is 0.756 e. The Balaban J connectivity index is 1.53. The van der Waals surface area contributed by atoms with Gasteiger partial charge in [-0.3, -0.25) is 13.9 Å². The molecule has 1 aliphatic heterocycles. The molecular weight excluding hydrogens is 521 g/mol. The average molecular weight is 556 g/mol. The topological polar surface area (TPSA) is 107 Å². The first kappa shape index (κ1) is 28.8. The fourth-order valence-corrected chi connectivity index (χ4v) is 4.94. The first-order valence-electron chi connectivity index (χ1n) is 12.6. The summed E-state index contributed by atoms with van der Waals surface area (Å²) in [6.45, 7) is 2.41. The fourth-order valence-electron chi connectivity index (χ4n) is 4.34. The van der Waals surface area contributed by atoms with Crippen LogP contribution in [0.3, 0.4) is 0 Å². The molecule has 1 atom stereocenters. The molecule has 2 aliphatic rings. The van der Waals surface area contributed by atoms with Gasteiger partial charge in [0.15, 0.2) is 12.2 Å². The van der Waals surface area contributed by atoms with E-state index in [1.165, 1.54) is 12.1 Å². The van der Waals surface area contributed by atoms with Crippen LogP contribution in [-0.4, -0.2) is 52.7 Å². The fraction of sp³-hybridized carbons (Fsp3) is 0.345. The molecule has 0 N–H and O–H groups in total. The second kappa shape index (κ2) is 11.9. The number of aryl methyl sites for hydroxylation is 1. The molecule has 1 aliphatic carbocycles. The van der Waals surface area contributed by atoms with Crippen molar-refractivity contribution in [2.24, 2.45) is 0 Å². The summed E-state index contributed by atoms with van der Waals surface area (Å²) >= 11 is 0. The van der Waals surface area contributed by atoms with Crippen molar-refractivity contribution in [3.8, 4) is 33.9 Å². The molecule has 0 aromatic heterocycles. The van der Waals surface area contributed by atoms with Crippen LogP contribution >= 0.6 is 7.82 Å². The maximum atomic E-state index is 12.1. The zero-order chi connectivity index (χ0) is 28.2. The van der Waals surface area contributed by atoms with Gasteiger partial charge in [0.2, 0.25) is 0 Å². The molecule has 0 saturated carbocycles. The van der Waals surface area contributed by atoms with Crippen molar-refractivity contribution in [1.29, 1.82) is 0 Å². The van der Waals surface area contributed by atoms with Gasteiger partial charge >= 0.3 is 0 Å². The number of ether oxygens (including phenoxy) is 2. The van der Waals surface area contributed by atoms with Crippen LogP contribution in [0.15, 0.2) is 63.8 Å². The molecule has 10 heteroatoms. The lowest BCUT2D eigenvalue weighted by atomic mass is 9.91. The van der Waals surface area contributed by atoms with E-state index in [1.807, 2.05) is 31.2 Å². The summed E-state index contributed by atoms with van der Waals surface area (Å²) in [5.41, 5.74) is 3.94. The monoisotopic (exact) mass is 555 g/mol. The lowest BCUT2D eigenvalue weighted by Gasteiger charge is -2.25. The van der Waals surface area contributed by atoms with E-state index in [0.29, 0.717) is 23.5 Å². The van der Waals surface area contributed by atoms with Crippen molar-refractivity contribution < 1.29 is 36.9 Å². The standard InChI is InChI=1S/C29H34NO8P/c1-20-16-22(34-5)9-12-24(20)29-25-11-8-21(31)17-27(25)38-28-18-23(10-13-26(28)29)35-19-37-39(32,33)36-15-7-6-14-30(2,3)4/h8-13,16-18H,6-7,14-15,19H2,1-5H3. The third-order valence-corrected chi connectivity index (χ3v) is 7.20. The number of nitrogens with zero attached hydrogens (tertiary/aromatic N) is 1. The van der Waals surface area contributed by atoms with Crippen LogP contribution in [0.2, 0.25) is 0 Å². The van der Waals surface area contributed by atoms with Crippen molar-refractivity contribution >= 4 is 18.8 Å². The quantitative estimate of drug-likeness (QED) is 0.0771. The molecule has 0 amide bonds. The zero-order valence-electron chi connectivity index (χ0n) is 22.9. The van der Waals surface area contributed by atoms with Crippen LogP contribution in [-0.2, 0) is 13.6 Å². The van der Waals surface area contributed by atoms with E-state index in [-0.39, 0.29) is 12.0 Å². The summed E-state index contributed by atoms with van der Waals surface area (Å²) in [4.78, 5) is 24.2. The van der Waals surface area contributed by atoms with Gasteiger partial charge in [-0.1, -0.05) is 6.07 Å². The summed E-state index contributed by atoms with van der Waals surface area (Å²) in [5, 5.41) is 0.800. The number of rotatable bonds is 12. The number of quaternary nitrogens is 1. The van der Waals surface area contributed by atoms with Crippen molar-refractivity contribution in [2.45, 2.75) is 19.8 Å². The van der Waals surface area contributed by atoms with Crippen LogP contribution in [0.5, 0.6) is 11.5 Å². The molecule has 2 aromatic carbocycles. The molecule has 208 valence electrons. The number of hydrogen-bond donors (Lipinski definition) is 0. The number of unbranched alkanes of at least 4 members (excludes halogenated alkanes) is 1. The van der Waals surface area contributed by atoms with Crippen LogP contribution in [0.4, 0.5) is 0 Å². The van der Waals surface area contributed by atoms with Gasteiger partial charge in [-0.05, 0) is 67.3 Å². The predicted molar refractivity (Wildman–Crippen MR) is 148 cm³/mol. The Morgan fingerprint density at radius 3 is 2.38 bits per heavy atom. The highest BCUT2D eigenvalue weighted by atomic mass is 31.2. The summed E-state index contributed by atoms with van der Waals surface area (Å²) in [7, 11) is 3.33. The van der Waals surface area contributed by atoms with Crippen molar-refractivity contribution in [1.82, 2.24) is 0 Å². The van der Waals surface area contributed by atoms with Gasteiger partial charge in [0.05, 0.1) is 41.4 Å². The predicted octanol–water partition coefficient (Wildman–Crippen LogP) is 5.21. The highest BCUT2D eigenvalue weighted by Gasteiger charge is 2.19. The number of benzene rings is 3. The third kappa shape index (κ3) is 7.47. The second-order valence-electron chi connectivity index (χ2n) is 10.4. The number of phosphoric ester groups is 1. The number of phosphoric acid groups is 1. The van der Waals surface area contributed by atoms with E-state index in [1.54, 1.807) is 25.3 Å². The zero-order valence-corrected chi connectivity index (χ0v) is 23.8. The Hall–Kier alpha value is -3.20. The maximum Gasteiger partial charge on any atom is 0.270 e. The first-order valence-corrected chi connectivity index (χ1v) is 14.1. The molecule has 9 nitrogen and oxygen atoms in total. The molecule has 1 heterocycles. The normalized spacial score (nSPS) is 13.5. The lowest BCUT2D eigenvalue weighted by molar-refractivity contribution is -0.870. The van der Waals surface area contributed by atoms with Crippen molar-refractivity contribution in [3.63, 3.8) is 0 Å². The van der Waals surface area contributed by atoms with E-state index in [0.717, 1.165) is 50.8 Å². The number of fused-ring (bicyclic) bond motifs is 2. The van der Waals surface area contributed by atoms with E-state index in [9.17, 15) is 14.3 Å². The Morgan fingerprint density at radius 1 is 0.923 bits per heavy atom. The summed E-state index contributed by atoms with van der Waals surface area (Å²) in [6, 6.07) is 15.7. The Bertz CT molecular complexity index is 1520. The molecular formula is C29H34NO8P. The highest BCUT2D eigenvalue weighted by molar-refractivity contribution is 7.45. The van der Waals surface area contributed by atoms with Gasteiger partial charge in [-0.2, -0.15) is 0 Å². The molecule has 0 bridgehead atoms. The van der Waals surface area contributed by atoms with Gasteiger partial charge < -0.3 is 27.8 Å². The Morgan fingerprint density at radius 2 is 1.67 bits per heavy atom. The van der Waals surface area contributed by atoms with Gasteiger partial charge in [-0.15, -0.1) is 0 Å². The SMILES string of the molecule is COc1ccc(-c2c3ccc(=O)cc-3oc3cc(OCOP(=O)([O-])OCCCC[N+](C)(C)C)ccc23)c(C)c1. The van der Waals surface area contributed by atoms with Crippen LogP contribution in [0.25, 0.3) is 33.4 Å². The Kier molecular flexibility index (Phi) is 8.79. The van der Waals surface area contributed by atoms with E-state index >= 15 is 0 Å². The van der Waals surface area contributed by atoms with Crippen LogP contribution in [0, 0.1) is 6.92 Å². The smallest absolute Gasteiger partial charge is 0.270 e. The summed E-state index contributed by atoms with van der Waals surface area (Å²) in [5.74, 6) is 1.51. The first-order chi connectivity index (χ1) is 18.5. The van der Waals surface area contributed by atoms with Crippen LogP contribution in [0.1, 0.15) is 18.4 Å². The summed E-state index contributed by atoms with van der Waals surface area (Å²) < 4.78 is 39.7. The molecule has 0 fully saturated rings. The summed E-state index contributed by atoms with van der Waals surface area (Å²) in [6.07, 6.45) is 1.44. The van der Waals surface area contributed by atoms with Crippen molar-refractivity contribution in [3.05, 3.63) is 70.4 Å². The minimum Gasteiger partial charge on any atom is -0.756 e. The van der Waals surface area contributed by atoms with Gasteiger partial charge in [0.1, 0.15) is 22.8 Å². The highest BCUT2D eigenvalue weighted by Crippen LogP contribution is 2.43. The van der Waals surface area contributed by atoms with E-state index < -0.39 is 14.6 Å². The molecule has 0 radical (unpaired) electrons. The molecule has 39 heavy (non-hydrogen) atoms. The number of hydrogen-bond acceptors (Lipinski definition) is 8. The van der Waals surface area contributed by atoms with Gasteiger partial charge in [0.25, 0.3) is 7.82 Å². The van der Waals surface area contributed by atoms with Gasteiger partial charge in [-0.25, -0.2) is 0 Å². The van der Waals surface area contributed by atoms with Crippen molar-refractivity contribution in [2.75, 3.05) is 48.2 Å². The van der Waals surface area contributed by atoms with E-state index in [2.05, 4.69) is 21.1 Å². The maximum absolute atomic E-state index is 12.1. The number of methoxy groups -OCH3 is 1. The minimum absolute atomic E-state index is 0.0535. The van der Waals surface area contributed by atoms with E-state index in [4.69, 9.17) is 22.9 Å². The average Bonchev–Trinajstić information content (AvgIpc) is 2.86. The molecule has 0 spiro atoms. The molecule has 4 rings (SSSR count). The molecule has 2 aromatic rings. The molecule has 1 unspecified atom stereocenters. The third-order valence-electron chi connectivity index (χ3n) is 6.28. The second-order valence-corrected chi connectivity index (χ2v) is 11.8. The lowest BCUT2D eigenvalue weighted by Crippen LogP contribution is -2.35. The Labute approximate surface area is 228 Å². The van der Waals surface area contributed by atoms with Gasteiger partial charge in [0, 0.05) is 28.6 Å². The minimum atomic E-state index is -4.51.